The van der Waals surface area contributed by atoms with E-state index in [1.165, 1.54) is 0 Å². The average Bonchev–Trinajstić information content (AvgIpc) is 2.65. The summed E-state index contributed by atoms with van der Waals surface area (Å²) in [5.41, 5.74) is 12.3. The van der Waals surface area contributed by atoms with E-state index in [9.17, 15) is 9.59 Å². The third kappa shape index (κ3) is 4.02. The van der Waals surface area contributed by atoms with Crippen molar-refractivity contribution in [2.75, 3.05) is 0 Å². The molecule has 0 bridgehead atoms. The first kappa shape index (κ1) is 17.1. The number of nitrogens with zero attached hydrogens (tertiary/aromatic N) is 2. The quantitative estimate of drug-likeness (QED) is 0.488. The Kier molecular flexibility index (Phi) is 4.89. The molecular weight excluding hydrogens is 330 g/mol. The number of hydrogen-bond donors (Lipinski definition) is 3. The van der Waals surface area contributed by atoms with Crippen LogP contribution in [-0.4, -0.2) is 22.8 Å². The Hall–Kier alpha value is -3.74. The van der Waals surface area contributed by atoms with Crippen LogP contribution in [0.25, 0.3) is 10.8 Å². The van der Waals surface area contributed by atoms with Gasteiger partial charge in [-0.25, -0.2) is 0 Å². The van der Waals surface area contributed by atoms with Crippen molar-refractivity contribution in [3.05, 3.63) is 77.6 Å². The van der Waals surface area contributed by atoms with Gasteiger partial charge in [-0.2, -0.15) is 4.99 Å². The molecule has 130 valence electrons. The van der Waals surface area contributed by atoms with E-state index in [0.29, 0.717) is 17.7 Å². The number of carbonyl (C=O) groups is 2. The maximum atomic E-state index is 12.3. The standard InChI is InChI=1S/C19H17N5O2/c20-19(21)24-18(26)16-6-4-13-8-15(5-3-14(13)9-16)17(25)23-11-12-2-1-7-22-10-12/h1-10H,11H2,(H,23,25)(H4,20,21,24,26). The molecule has 0 unspecified atom stereocenters. The van der Waals surface area contributed by atoms with Crippen LogP contribution in [0.3, 0.4) is 0 Å². The number of nitrogens with two attached hydrogens (primary N) is 2. The van der Waals surface area contributed by atoms with Crippen LogP contribution in [0.2, 0.25) is 0 Å². The highest BCUT2D eigenvalue weighted by molar-refractivity contribution is 6.05. The number of hydrogen-bond acceptors (Lipinski definition) is 3. The van der Waals surface area contributed by atoms with Crippen LogP contribution in [0.5, 0.6) is 0 Å². The number of carbonyl (C=O) groups excluding carboxylic acids is 2. The van der Waals surface area contributed by atoms with Gasteiger partial charge < -0.3 is 16.8 Å². The molecule has 3 aromatic rings. The topological polar surface area (TPSA) is 123 Å². The van der Waals surface area contributed by atoms with Crippen molar-refractivity contribution < 1.29 is 9.59 Å². The normalized spacial score (nSPS) is 10.3. The SMILES string of the molecule is NC(N)=NC(=O)c1ccc2cc(C(=O)NCc3cccnc3)ccc2c1. The third-order valence-electron chi connectivity index (χ3n) is 3.76. The van der Waals surface area contributed by atoms with Crippen LogP contribution in [-0.2, 0) is 6.54 Å². The first-order valence-corrected chi connectivity index (χ1v) is 7.88. The van der Waals surface area contributed by atoms with Crippen molar-refractivity contribution in [1.29, 1.82) is 0 Å². The molecule has 0 aliphatic carbocycles. The van der Waals surface area contributed by atoms with Crippen molar-refractivity contribution in [3.63, 3.8) is 0 Å². The third-order valence-corrected chi connectivity index (χ3v) is 3.76. The molecule has 0 fully saturated rings. The first-order valence-electron chi connectivity index (χ1n) is 7.88. The Morgan fingerprint density at radius 2 is 1.69 bits per heavy atom. The van der Waals surface area contributed by atoms with Gasteiger partial charge in [-0.1, -0.05) is 18.2 Å². The van der Waals surface area contributed by atoms with Gasteiger partial charge in [0.15, 0.2) is 5.96 Å². The van der Waals surface area contributed by atoms with Crippen molar-refractivity contribution in [2.45, 2.75) is 6.54 Å². The number of pyridine rings is 1. The number of aromatic nitrogens is 1. The molecule has 0 spiro atoms. The molecule has 7 heteroatoms. The molecule has 7 nitrogen and oxygen atoms in total. The Morgan fingerprint density at radius 3 is 2.35 bits per heavy atom. The Labute approximate surface area is 149 Å². The summed E-state index contributed by atoms with van der Waals surface area (Å²) in [6.07, 6.45) is 3.39. The second-order valence-electron chi connectivity index (χ2n) is 5.66. The van der Waals surface area contributed by atoms with Crippen molar-refractivity contribution >= 4 is 28.5 Å². The molecule has 0 aliphatic heterocycles. The molecule has 26 heavy (non-hydrogen) atoms. The molecule has 0 radical (unpaired) electrons. The van der Waals surface area contributed by atoms with E-state index in [4.69, 9.17) is 11.5 Å². The van der Waals surface area contributed by atoms with Crippen molar-refractivity contribution in [2.24, 2.45) is 16.5 Å². The highest BCUT2D eigenvalue weighted by Gasteiger charge is 2.09. The van der Waals surface area contributed by atoms with Gasteiger partial charge in [-0.3, -0.25) is 14.6 Å². The van der Waals surface area contributed by atoms with Crippen molar-refractivity contribution in [3.8, 4) is 0 Å². The molecular formula is C19H17N5O2. The fraction of sp³-hybridized carbons (Fsp3) is 0.0526. The zero-order valence-electron chi connectivity index (χ0n) is 13.8. The van der Waals surface area contributed by atoms with Gasteiger partial charge in [0.2, 0.25) is 0 Å². The van der Waals surface area contributed by atoms with Crippen LogP contribution in [0.4, 0.5) is 0 Å². The molecule has 1 heterocycles. The van der Waals surface area contributed by atoms with Crippen LogP contribution in [0.1, 0.15) is 26.3 Å². The van der Waals surface area contributed by atoms with Gasteiger partial charge in [0.05, 0.1) is 0 Å². The summed E-state index contributed by atoms with van der Waals surface area (Å²) in [5.74, 6) is -0.975. The summed E-state index contributed by atoms with van der Waals surface area (Å²) >= 11 is 0. The Bertz CT molecular complexity index is 995. The number of benzene rings is 2. The lowest BCUT2D eigenvalue weighted by Crippen LogP contribution is -2.24. The molecule has 0 saturated heterocycles. The van der Waals surface area contributed by atoms with Crippen LogP contribution in [0.15, 0.2) is 65.9 Å². The van der Waals surface area contributed by atoms with Crippen LogP contribution < -0.4 is 16.8 Å². The number of aliphatic imine (C=N–C) groups is 1. The van der Waals surface area contributed by atoms with Gasteiger partial charge in [0.25, 0.3) is 11.8 Å². The second kappa shape index (κ2) is 7.43. The Morgan fingerprint density at radius 1 is 1.00 bits per heavy atom. The van der Waals surface area contributed by atoms with E-state index in [1.807, 2.05) is 12.1 Å². The van der Waals surface area contributed by atoms with Gasteiger partial charge >= 0.3 is 0 Å². The second-order valence-corrected chi connectivity index (χ2v) is 5.66. The van der Waals surface area contributed by atoms with E-state index in [1.54, 1.807) is 48.8 Å². The van der Waals surface area contributed by atoms with Gasteiger partial charge in [0, 0.05) is 30.1 Å². The van der Waals surface area contributed by atoms with E-state index >= 15 is 0 Å². The van der Waals surface area contributed by atoms with E-state index < -0.39 is 5.91 Å². The van der Waals surface area contributed by atoms with Gasteiger partial charge in [-0.15, -0.1) is 0 Å². The summed E-state index contributed by atoms with van der Waals surface area (Å²) < 4.78 is 0. The molecule has 0 aliphatic rings. The summed E-state index contributed by atoms with van der Waals surface area (Å²) in [5, 5.41) is 4.50. The fourth-order valence-corrected chi connectivity index (χ4v) is 2.49. The lowest BCUT2D eigenvalue weighted by Gasteiger charge is -2.07. The lowest BCUT2D eigenvalue weighted by atomic mass is 10.0. The summed E-state index contributed by atoms with van der Waals surface area (Å²) in [4.78, 5) is 31.7. The zero-order chi connectivity index (χ0) is 18.5. The van der Waals surface area contributed by atoms with Gasteiger partial charge in [-0.05, 0) is 46.7 Å². The van der Waals surface area contributed by atoms with E-state index in [0.717, 1.165) is 16.3 Å². The first-order chi connectivity index (χ1) is 12.5. The number of amides is 2. The molecule has 2 aromatic carbocycles. The molecule has 2 amide bonds. The maximum absolute atomic E-state index is 12.3. The number of guanidine groups is 1. The van der Waals surface area contributed by atoms with Crippen LogP contribution in [0, 0.1) is 0 Å². The lowest BCUT2D eigenvalue weighted by molar-refractivity contribution is 0.0949. The summed E-state index contributed by atoms with van der Waals surface area (Å²) in [6, 6.07) is 14.0. The van der Waals surface area contributed by atoms with E-state index in [2.05, 4.69) is 15.3 Å². The predicted octanol–water partition coefficient (Wildman–Crippen LogP) is 1.58. The molecule has 3 rings (SSSR count). The Balaban J connectivity index is 1.77. The molecule has 0 atom stereocenters. The molecule has 1 aromatic heterocycles. The summed E-state index contributed by atoms with van der Waals surface area (Å²) in [6.45, 7) is 0.399. The number of fused-ring (bicyclic) bond motifs is 1. The largest absolute Gasteiger partial charge is 0.370 e. The predicted molar refractivity (Wildman–Crippen MR) is 99.5 cm³/mol. The summed E-state index contributed by atoms with van der Waals surface area (Å²) in [7, 11) is 0. The number of nitrogens with one attached hydrogen (secondary N) is 1. The zero-order valence-corrected chi connectivity index (χ0v) is 13.8. The maximum Gasteiger partial charge on any atom is 0.280 e. The minimum atomic E-state index is -0.509. The highest BCUT2D eigenvalue weighted by Crippen LogP contribution is 2.19. The monoisotopic (exact) mass is 347 g/mol. The molecule has 5 N–H and O–H groups in total. The minimum Gasteiger partial charge on any atom is -0.370 e. The van der Waals surface area contributed by atoms with E-state index in [-0.39, 0.29) is 11.9 Å². The fourth-order valence-electron chi connectivity index (χ4n) is 2.49. The van der Waals surface area contributed by atoms with Gasteiger partial charge in [0.1, 0.15) is 0 Å². The van der Waals surface area contributed by atoms with Crippen LogP contribution >= 0.6 is 0 Å². The highest BCUT2D eigenvalue weighted by atomic mass is 16.2. The average molecular weight is 347 g/mol. The van der Waals surface area contributed by atoms with Crippen molar-refractivity contribution in [1.82, 2.24) is 10.3 Å². The number of rotatable bonds is 4. The smallest absolute Gasteiger partial charge is 0.280 e. The minimum absolute atomic E-state index is 0.184. The molecule has 0 saturated carbocycles.